The fourth-order valence-electron chi connectivity index (χ4n) is 4.80. The molecular formula is C32H28BrIN2O6S. The number of allylic oxidation sites excluding steroid dienone is 1. The van der Waals surface area contributed by atoms with Crippen molar-refractivity contribution in [2.75, 3.05) is 20.8 Å². The Morgan fingerprint density at radius 3 is 2.51 bits per heavy atom. The molecule has 8 nitrogen and oxygen atoms in total. The van der Waals surface area contributed by atoms with Gasteiger partial charge in [-0.15, -0.1) is 0 Å². The summed E-state index contributed by atoms with van der Waals surface area (Å²) in [5.41, 5.74) is 3.07. The van der Waals surface area contributed by atoms with Crippen LogP contribution in [-0.4, -0.2) is 31.4 Å². The van der Waals surface area contributed by atoms with Crippen LogP contribution in [0, 0.1) is 3.57 Å². The molecule has 1 aliphatic rings. The third-order valence-electron chi connectivity index (χ3n) is 6.78. The molecule has 11 heteroatoms. The van der Waals surface area contributed by atoms with Crippen molar-refractivity contribution in [1.82, 2.24) is 4.57 Å². The lowest BCUT2D eigenvalue weighted by molar-refractivity contribution is -0.139. The molecule has 43 heavy (non-hydrogen) atoms. The van der Waals surface area contributed by atoms with E-state index >= 15 is 0 Å². The molecule has 0 bridgehead atoms. The number of aromatic nitrogens is 1. The van der Waals surface area contributed by atoms with Gasteiger partial charge in [0.05, 0.1) is 50.7 Å². The van der Waals surface area contributed by atoms with Gasteiger partial charge in [-0.3, -0.25) is 9.36 Å². The average Bonchev–Trinajstić information content (AvgIpc) is 3.29. The van der Waals surface area contributed by atoms with E-state index in [4.69, 9.17) is 18.9 Å². The predicted octanol–water partition coefficient (Wildman–Crippen LogP) is 5.76. The van der Waals surface area contributed by atoms with Crippen LogP contribution in [0.2, 0.25) is 0 Å². The molecular weight excluding hydrogens is 747 g/mol. The Hall–Kier alpha value is -3.42. The van der Waals surface area contributed by atoms with Crippen LogP contribution in [-0.2, 0) is 16.1 Å². The van der Waals surface area contributed by atoms with Crippen molar-refractivity contribution in [3.05, 3.63) is 116 Å². The number of carbonyl (C=O) groups excluding carboxylic acids is 1. The Bertz CT molecular complexity index is 1900. The minimum Gasteiger partial charge on any atom is -0.496 e. The molecule has 0 aliphatic carbocycles. The molecule has 4 aromatic rings. The van der Waals surface area contributed by atoms with Crippen molar-refractivity contribution >= 4 is 61.9 Å². The molecule has 0 fully saturated rings. The van der Waals surface area contributed by atoms with Crippen LogP contribution in [0.15, 0.2) is 86.2 Å². The van der Waals surface area contributed by atoms with Gasteiger partial charge in [0.1, 0.15) is 12.4 Å². The number of rotatable bonds is 9. The number of carbonyl (C=O) groups is 1. The first kappa shape index (κ1) is 31.0. The van der Waals surface area contributed by atoms with Gasteiger partial charge in [-0.2, -0.15) is 0 Å². The molecule has 3 aromatic carbocycles. The molecule has 222 valence electrons. The zero-order valence-electron chi connectivity index (χ0n) is 23.9. The Labute approximate surface area is 274 Å². The Kier molecular flexibility index (Phi) is 9.72. The fourth-order valence-corrected chi connectivity index (χ4v) is 7.19. The highest BCUT2D eigenvalue weighted by molar-refractivity contribution is 14.1. The minimum absolute atomic E-state index is 0.199. The lowest BCUT2D eigenvalue weighted by atomic mass is 9.96. The number of hydrogen-bond acceptors (Lipinski definition) is 8. The lowest BCUT2D eigenvalue weighted by Gasteiger charge is -2.25. The molecule has 1 aliphatic heterocycles. The average molecular weight is 775 g/mol. The third kappa shape index (κ3) is 6.43. The Morgan fingerprint density at radius 2 is 1.84 bits per heavy atom. The molecule has 0 amide bonds. The van der Waals surface area contributed by atoms with Crippen LogP contribution in [0.25, 0.3) is 6.08 Å². The fraction of sp³-hybridized carbons (Fsp3) is 0.219. The van der Waals surface area contributed by atoms with Gasteiger partial charge in [0.15, 0.2) is 16.3 Å². The molecule has 0 spiro atoms. The number of esters is 1. The van der Waals surface area contributed by atoms with Crippen LogP contribution in [0.1, 0.15) is 36.6 Å². The van der Waals surface area contributed by atoms with E-state index in [0.717, 1.165) is 14.7 Å². The quantitative estimate of drug-likeness (QED) is 0.159. The van der Waals surface area contributed by atoms with Crippen molar-refractivity contribution in [3.63, 3.8) is 0 Å². The van der Waals surface area contributed by atoms with Gasteiger partial charge in [0.25, 0.3) is 5.56 Å². The predicted molar refractivity (Wildman–Crippen MR) is 178 cm³/mol. The van der Waals surface area contributed by atoms with Crippen LogP contribution in [0.5, 0.6) is 17.2 Å². The number of benzene rings is 3. The van der Waals surface area contributed by atoms with Gasteiger partial charge in [0, 0.05) is 0 Å². The van der Waals surface area contributed by atoms with E-state index in [0.29, 0.717) is 54.5 Å². The van der Waals surface area contributed by atoms with E-state index in [2.05, 4.69) is 43.5 Å². The molecule has 5 rings (SSSR count). The minimum atomic E-state index is -0.733. The maximum absolute atomic E-state index is 14.0. The summed E-state index contributed by atoms with van der Waals surface area (Å²) in [6.07, 6.45) is 1.81. The zero-order valence-corrected chi connectivity index (χ0v) is 28.4. The van der Waals surface area contributed by atoms with E-state index in [1.54, 1.807) is 44.8 Å². The summed E-state index contributed by atoms with van der Waals surface area (Å²) in [5.74, 6) is 1.31. The first-order valence-corrected chi connectivity index (χ1v) is 16.0. The highest BCUT2D eigenvalue weighted by Crippen LogP contribution is 2.36. The van der Waals surface area contributed by atoms with Gasteiger partial charge < -0.3 is 18.9 Å². The molecule has 0 saturated carbocycles. The van der Waals surface area contributed by atoms with Crippen molar-refractivity contribution < 1.29 is 23.7 Å². The van der Waals surface area contributed by atoms with E-state index in [9.17, 15) is 9.59 Å². The highest BCUT2D eigenvalue weighted by atomic mass is 127. The van der Waals surface area contributed by atoms with Crippen molar-refractivity contribution in [2.45, 2.75) is 26.5 Å². The highest BCUT2D eigenvalue weighted by Gasteiger charge is 2.33. The standard InChI is InChI=1S/C32H28BrIN2O6S/c1-5-41-31(38)27-18(2)35-32-36(28(27)21-11-12-24(39-3)22(33)16-21)30(37)26(43-32)15-20-13-23(34)29(25(14-20)40-4)42-17-19-9-7-6-8-10-19/h6-16,28H,5,17H2,1-4H3/b26-15+/t28-/m1/s1. The number of fused-ring (bicyclic) bond motifs is 1. The number of ether oxygens (including phenoxy) is 4. The summed E-state index contributed by atoms with van der Waals surface area (Å²) in [7, 11) is 3.17. The third-order valence-corrected chi connectivity index (χ3v) is 9.19. The number of thiazole rings is 1. The molecule has 2 heterocycles. The monoisotopic (exact) mass is 774 g/mol. The van der Waals surface area contributed by atoms with Gasteiger partial charge in [-0.1, -0.05) is 47.7 Å². The molecule has 1 atom stereocenters. The van der Waals surface area contributed by atoms with Gasteiger partial charge in [-0.05, 0) is 99.4 Å². The Balaban J connectivity index is 1.60. The van der Waals surface area contributed by atoms with E-state index in [1.807, 2.05) is 54.6 Å². The SMILES string of the molecule is CCOC(=O)C1=C(C)N=c2s/c(=C/c3cc(I)c(OCc4ccccc4)c(OC)c3)c(=O)n2[C@@H]1c1ccc(OC)c(Br)c1. The van der Waals surface area contributed by atoms with Crippen molar-refractivity contribution in [1.29, 1.82) is 0 Å². The first-order chi connectivity index (χ1) is 20.7. The summed E-state index contributed by atoms with van der Waals surface area (Å²) in [5, 5.41) is 0. The normalized spacial score (nSPS) is 14.7. The number of nitrogens with zero attached hydrogens (tertiary/aromatic N) is 2. The van der Waals surface area contributed by atoms with Crippen LogP contribution < -0.4 is 29.1 Å². The number of halogens is 2. The number of methoxy groups -OCH3 is 2. The summed E-state index contributed by atoms with van der Waals surface area (Å²) in [6, 6.07) is 18.4. The van der Waals surface area contributed by atoms with Crippen LogP contribution in [0.3, 0.4) is 0 Å². The van der Waals surface area contributed by atoms with Crippen LogP contribution in [0.4, 0.5) is 0 Å². The van der Waals surface area contributed by atoms with E-state index in [-0.39, 0.29) is 12.2 Å². The second-order valence-corrected chi connectivity index (χ2v) is 12.5. The summed E-state index contributed by atoms with van der Waals surface area (Å²) < 4.78 is 26.1. The first-order valence-electron chi connectivity index (χ1n) is 13.3. The van der Waals surface area contributed by atoms with E-state index < -0.39 is 12.0 Å². The lowest BCUT2D eigenvalue weighted by Crippen LogP contribution is -2.40. The molecule has 0 N–H and O–H groups in total. The summed E-state index contributed by atoms with van der Waals surface area (Å²) in [6.45, 7) is 4.10. The second kappa shape index (κ2) is 13.5. The summed E-state index contributed by atoms with van der Waals surface area (Å²) in [4.78, 5) is 32.4. The molecule has 0 unspecified atom stereocenters. The maximum Gasteiger partial charge on any atom is 0.338 e. The van der Waals surface area contributed by atoms with E-state index in [1.165, 1.54) is 11.3 Å². The van der Waals surface area contributed by atoms with Crippen molar-refractivity contribution in [2.24, 2.45) is 4.99 Å². The number of hydrogen-bond donors (Lipinski definition) is 0. The smallest absolute Gasteiger partial charge is 0.338 e. The van der Waals surface area contributed by atoms with Crippen LogP contribution >= 0.6 is 49.9 Å². The molecule has 0 saturated heterocycles. The van der Waals surface area contributed by atoms with Gasteiger partial charge in [-0.25, -0.2) is 9.79 Å². The van der Waals surface area contributed by atoms with Gasteiger partial charge in [0.2, 0.25) is 0 Å². The molecule has 0 radical (unpaired) electrons. The topological polar surface area (TPSA) is 88.4 Å². The maximum atomic E-state index is 14.0. The largest absolute Gasteiger partial charge is 0.496 e. The van der Waals surface area contributed by atoms with Crippen molar-refractivity contribution in [3.8, 4) is 17.2 Å². The second-order valence-electron chi connectivity index (χ2n) is 9.50. The van der Waals surface area contributed by atoms with Gasteiger partial charge >= 0.3 is 5.97 Å². The zero-order chi connectivity index (χ0) is 30.7. The summed E-state index contributed by atoms with van der Waals surface area (Å²) >= 11 is 7.01. The molecule has 1 aromatic heterocycles. The Morgan fingerprint density at radius 1 is 1.09 bits per heavy atom.